The zero-order valence-corrected chi connectivity index (χ0v) is 13.1. The summed E-state index contributed by atoms with van der Waals surface area (Å²) in [5.41, 5.74) is 4.77. The second-order valence-corrected chi connectivity index (χ2v) is 5.46. The molecule has 0 fully saturated rings. The third kappa shape index (κ3) is 3.04. The van der Waals surface area contributed by atoms with Crippen LogP contribution >= 0.6 is 15.9 Å². The van der Waals surface area contributed by atoms with Crippen molar-refractivity contribution in [2.75, 3.05) is 0 Å². The van der Waals surface area contributed by atoms with Crippen molar-refractivity contribution in [3.63, 3.8) is 0 Å². The van der Waals surface area contributed by atoms with Gasteiger partial charge in [0.2, 0.25) is 0 Å². The van der Waals surface area contributed by atoms with Crippen molar-refractivity contribution < 1.29 is 4.79 Å². The zero-order chi connectivity index (χ0) is 15.4. The van der Waals surface area contributed by atoms with Gasteiger partial charge in [-0.05, 0) is 34.1 Å². The number of hydrogen-bond acceptors (Lipinski definition) is 3. The summed E-state index contributed by atoms with van der Waals surface area (Å²) >= 11 is 3.34. The minimum atomic E-state index is -0.267. The largest absolute Gasteiger partial charge is 0.272 e. The maximum Gasteiger partial charge on any atom is 0.272 e. The first-order valence-corrected chi connectivity index (χ1v) is 7.47. The molecular weight excluding hydrogens is 342 g/mol. The first kappa shape index (κ1) is 14.4. The Bertz CT molecular complexity index is 856. The van der Waals surface area contributed by atoms with E-state index in [1.54, 1.807) is 24.5 Å². The number of pyridine rings is 1. The van der Waals surface area contributed by atoms with E-state index in [4.69, 9.17) is 0 Å². The van der Waals surface area contributed by atoms with E-state index in [0.717, 1.165) is 20.9 Å². The lowest BCUT2D eigenvalue weighted by atomic mass is 10.1. The van der Waals surface area contributed by atoms with Crippen LogP contribution in [-0.4, -0.2) is 17.1 Å². The van der Waals surface area contributed by atoms with Gasteiger partial charge >= 0.3 is 0 Å². The summed E-state index contributed by atoms with van der Waals surface area (Å²) in [7, 11) is 0. The van der Waals surface area contributed by atoms with Crippen molar-refractivity contribution in [3.8, 4) is 0 Å². The second-order valence-electron chi connectivity index (χ2n) is 4.60. The van der Waals surface area contributed by atoms with Crippen molar-refractivity contribution in [2.24, 2.45) is 5.10 Å². The number of nitrogens with one attached hydrogen (secondary N) is 1. The molecule has 22 heavy (non-hydrogen) atoms. The molecule has 4 nitrogen and oxygen atoms in total. The van der Waals surface area contributed by atoms with Gasteiger partial charge < -0.3 is 0 Å². The van der Waals surface area contributed by atoms with Crippen LogP contribution in [0, 0.1) is 0 Å². The first-order chi connectivity index (χ1) is 10.8. The number of halogens is 1. The number of carbonyl (C=O) groups excluding carboxylic acids is 1. The lowest BCUT2D eigenvalue weighted by Gasteiger charge is -2.03. The van der Waals surface area contributed by atoms with Crippen molar-refractivity contribution in [3.05, 3.63) is 76.4 Å². The summed E-state index contributed by atoms with van der Waals surface area (Å²) in [6.45, 7) is 0. The number of para-hydroxylation sites is 1. The molecule has 0 saturated heterocycles. The number of rotatable bonds is 3. The highest BCUT2D eigenvalue weighted by molar-refractivity contribution is 9.10. The molecule has 2 aromatic carbocycles. The third-order valence-corrected chi connectivity index (χ3v) is 3.84. The molecule has 3 rings (SSSR count). The summed E-state index contributed by atoms with van der Waals surface area (Å²) in [6.07, 6.45) is 3.34. The molecule has 0 aliphatic carbocycles. The van der Waals surface area contributed by atoms with Gasteiger partial charge in [-0.25, -0.2) is 5.43 Å². The summed E-state index contributed by atoms with van der Waals surface area (Å²) in [5.74, 6) is -0.267. The van der Waals surface area contributed by atoms with E-state index in [-0.39, 0.29) is 5.91 Å². The molecule has 0 unspecified atom stereocenters. The molecule has 0 bridgehead atoms. The predicted octanol–water partition coefficient (Wildman–Crippen LogP) is 3.76. The normalized spacial score (nSPS) is 11.0. The van der Waals surface area contributed by atoms with Gasteiger partial charge in [0.1, 0.15) is 0 Å². The highest BCUT2D eigenvalue weighted by Crippen LogP contribution is 2.16. The van der Waals surface area contributed by atoms with Crippen LogP contribution in [0.25, 0.3) is 10.9 Å². The number of hydrogen-bond donors (Lipinski definition) is 1. The molecule has 0 saturated carbocycles. The molecule has 1 N–H and O–H groups in total. The van der Waals surface area contributed by atoms with Gasteiger partial charge in [0.25, 0.3) is 5.91 Å². The fourth-order valence-corrected chi connectivity index (χ4v) is 2.56. The Morgan fingerprint density at radius 3 is 2.77 bits per heavy atom. The van der Waals surface area contributed by atoms with Crippen molar-refractivity contribution in [1.82, 2.24) is 10.4 Å². The zero-order valence-electron chi connectivity index (χ0n) is 11.5. The Morgan fingerprint density at radius 2 is 1.91 bits per heavy atom. The molecule has 0 aliphatic heterocycles. The Labute approximate surface area is 136 Å². The van der Waals surface area contributed by atoms with Crippen LogP contribution in [0.4, 0.5) is 0 Å². The molecule has 1 heterocycles. The molecular formula is C17H12BrN3O. The highest BCUT2D eigenvalue weighted by atomic mass is 79.9. The fourth-order valence-electron chi connectivity index (χ4n) is 2.10. The molecule has 1 amide bonds. The van der Waals surface area contributed by atoms with Crippen molar-refractivity contribution in [1.29, 1.82) is 0 Å². The highest BCUT2D eigenvalue weighted by Gasteiger charge is 2.07. The second kappa shape index (κ2) is 6.49. The summed E-state index contributed by atoms with van der Waals surface area (Å²) in [6, 6.07) is 16.9. The van der Waals surface area contributed by atoms with Gasteiger partial charge in [0.05, 0.1) is 17.3 Å². The molecule has 0 radical (unpaired) electrons. The van der Waals surface area contributed by atoms with Crippen LogP contribution < -0.4 is 5.43 Å². The van der Waals surface area contributed by atoms with Crippen LogP contribution in [0.15, 0.2) is 70.4 Å². The monoisotopic (exact) mass is 353 g/mol. The molecule has 5 heteroatoms. The van der Waals surface area contributed by atoms with Gasteiger partial charge in [-0.1, -0.05) is 36.4 Å². The topological polar surface area (TPSA) is 54.4 Å². The minimum Gasteiger partial charge on any atom is -0.267 e. The van der Waals surface area contributed by atoms with Crippen LogP contribution in [-0.2, 0) is 0 Å². The van der Waals surface area contributed by atoms with Gasteiger partial charge in [-0.3, -0.25) is 9.78 Å². The van der Waals surface area contributed by atoms with Crippen LogP contribution in [0.5, 0.6) is 0 Å². The van der Waals surface area contributed by atoms with E-state index in [1.165, 1.54) is 0 Å². The third-order valence-electron chi connectivity index (χ3n) is 3.15. The molecule has 0 spiro atoms. The van der Waals surface area contributed by atoms with Gasteiger partial charge in [0, 0.05) is 21.6 Å². The van der Waals surface area contributed by atoms with E-state index >= 15 is 0 Å². The van der Waals surface area contributed by atoms with Gasteiger partial charge in [-0.15, -0.1) is 0 Å². The number of carbonyl (C=O) groups is 1. The van der Waals surface area contributed by atoms with Crippen LogP contribution in [0.1, 0.15) is 15.9 Å². The molecule has 0 aliphatic rings. The lowest BCUT2D eigenvalue weighted by Crippen LogP contribution is -2.18. The molecule has 1 aromatic heterocycles. The Balaban J connectivity index is 1.80. The minimum absolute atomic E-state index is 0.267. The molecule has 0 atom stereocenters. The Hall–Kier alpha value is -2.53. The van der Waals surface area contributed by atoms with E-state index in [9.17, 15) is 4.79 Å². The van der Waals surface area contributed by atoms with Crippen molar-refractivity contribution in [2.45, 2.75) is 0 Å². The lowest BCUT2D eigenvalue weighted by molar-refractivity contribution is 0.0954. The van der Waals surface area contributed by atoms with E-state index in [0.29, 0.717) is 5.56 Å². The number of aromatic nitrogens is 1. The maximum absolute atomic E-state index is 12.0. The number of amides is 1. The maximum atomic E-state index is 12.0. The summed E-state index contributed by atoms with van der Waals surface area (Å²) < 4.78 is 0.731. The standard InChI is InChI=1S/C17H12BrN3O/c18-15-9-2-1-8-14(15)17(22)21-20-11-13-6-3-5-12-7-4-10-19-16(12)13/h1-11H,(H,21,22)/b20-11-. The number of benzene rings is 2. The van der Waals surface area contributed by atoms with E-state index < -0.39 is 0 Å². The number of hydrazone groups is 1. The Kier molecular flexibility index (Phi) is 4.25. The quantitative estimate of drug-likeness (QED) is 0.575. The van der Waals surface area contributed by atoms with Gasteiger partial charge in [-0.2, -0.15) is 5.10 Å². The smallest absolute Gasteiger partial charge is 0.267 e. The molecule has 3 aromatic rings. The summed E-state index contributed by atoms with van der Waals surface area (Å²) in [4.78, 5) is 16.4. The average Bonchev–Trinajstić information content (AvgIpc) is 2.55. The first-order valence-electron chi connectivity index (χ1n) is 6.67. The fraction of sp³-hybridized carbons (Fsp3) is 0. The number of nitrogens with zero attached hydrogens (tertiary/aromatic N) is 2. The van der Waals surface area contributed by atoms with E-state index in [2.05, 4.69) is 31.4 Å². The van der Waals surface area contributed by atoms with Gasteiger partial charge in [0.15, 0.2) is 0 Å². The summed E-state index contributed by atoms with van der Waals surface area (Å²) in [5, 5.41) is 5.05. The van der Waals surface area contributed by atoms with Crippen LogP contribution in [0.3, 0.4) is 0 Å². The van der Waals surface area contributed by atoms with Crippen LogP contribution in [0.2, 0.25) is 0 Å². The van der Waals surface area contributed by atoms with Crippen molar-refractivity contribution >= 4 is 39.0 Å². The average molecular weight is 354 g/mol. The van der Waals surface area contributed by atoms with E-state index in [1.807, 2.05) is 42.5 Å². The predicted molar refractivity (Wildman–Crippen MR) is 90.9 cm³/mol. The molecule has 108 valence electrons. The number of fused-ring (bicyclic) bond motifs is 1. The Morgan fingerprint density at radius 1 is 1.09 bits per heavy atom. The SMILES string of the molecule is O=C(N/N=C\c1cccc2cccnc12)c1ccccc1Br.